The lowest BCUT2D eigenvalue weighted by Gasteiger charge is -2.03. The van der Waals surface area contributed by atoms with Crippen molar-refractivity contribution in [2.75, 3.05) is 12.3 Å². The maximum absolute atomic E-state index is 13.1. The van der Waals surface area contributed by atoms with Crippen molar-refractivity contribution in [3.63, 3.8) is 0 Å². The van der Waals surface area contributed by atoms with E-state index in [1.54, 1.807) is 23.6 Å². The monoisotopic (exact) mass is 447 g/mol. The third-order valence-corrected chi connectivity index (χ3v) is 5.39. The number of rotatable bonds is 6. The molecule has 1 aromatic carbocycles. The smallest absolute Gasteiger partial charge is 0.252 e. The van der Waals surface area contributed by atoms with Gasteiger partial charge in [0.05, 0.1) is 20.7 Å². The van der Waals surface area contributed by atoms with Crippen molar-refractivity contribution in [1.29, 1.82) is 5.26 Å². The highest BCUT2D eigenvalue weighted by Gasteiger charge is 2.16. The second kappa shape index (κ2) is 8.33. The van der Waals surface area contributed by atoms with Gasteiger partial charge in [0.15, 0.2) is 0 Å². The van der Waals surface area contributed by atoms with Crippen LogP contribution in [0.1, 0.15) is 28.0 Å². The van der Waals surface area contributed by atoms with Crippen molar-refractivity contribution in [2.24, 2.45) is 0 Å². The Morgan fingerprint density at radius 2 is 2.15 bits per heavy atom. The van der Waals surface area contributed by atoms with E-state index in [0.29, 0.717) is 41.9 Å². The number of nitrogens with two attached hydrogens (primary N) is 1. The summed E-state index contributed by atoms with van der Waals surface area (Å²) in [5.74, 6) is -0.293. The molecule has 0 spiro atoms. The van der Waals surface area contributed by atoms with Gasteiger partial charge in [0.1, 0.15) is 23.3 Å². The molecule has 9 heteroatoms. The molecular weight excluding hydrogens is 433 g/mol. The highest BCUT2D eigenvalue weighted by atomic mass is 79.9. The summed E-state index contributed by atoms with van der Waals surface area (Å²) in [5.41, 5.74) is 8.06. The summed E-state index contributed by atoms with van der Waals surface area (Å²) in [6.45, 7) is 0.445. The number of carbonyl (C=O) groups excluding carboxylic acids is 1. The number of halogens is 2. The summed E-state index contributed by atoms with van der Waals surface area (Å²) >= 11 is 4.77. The first-order chi connectivity index (χ1) is 13.0. The first-order valence-electron chi connectivity index (χ1n) is 8.05. The SMILES string of the molecule is N#Cc1c(CCCNC(=O)c2csc(Br)c2)nn(-c2ccc(F)cc2)c1N. The topological polar surface area (TPSA) is 96.7 Å². The normalized spacial score (nSPS) is 10.6. The molecule has 6 nitrogen and oxygen atoms in total. The van der Waals surface area contributed by atoms with Crippen LogP contribution in [0.3, 0.4) is 0 Å². The Balaban J connectivity index is 1.65. The highest BCUT2D eigenvalue weighted by Crippen LogP contribution is 2.22. The van der Waals surface area contributed by atoms with Crippen LogP contribution in [0, 0.1) is 17.1 Å². The van der Waals surface area contributed by atoms with E-state index < -0.39 is 0 Å². The molecule has 3 aromatic rings. The molecule has 0 fully saturated rings. The molecule has 0 saturated carbocycles. The summed E-state index contributed by atoms with van der Waals surface area (Å²) < 4.78 is 15.4. The van der Waals surface area contributed by atoms with Gasteiger partial charge in [0.25, 0.3) is 5.91 Å². The van der Waals surface area contributed by atoms with Crippen LogP contribution in [0.15, 0.2) is 39.5 Å². The Labute approximate surface area is 167 Å². The van der Waals surface area contributed by atoms with Crippen LogP contribution in [-0.2, 0) is 6.42 Å². The van der Waals surface area contributed by atoms with Gasteiger partial charge < -0.3 is 11.1 Å². The number of aryl methyl sites for hydroxylation is 1. The van der Waals surface area contributed by atoms with Gasteiger partial charge in [0, 0.05) is 11.9 Å². The van der Waals surface area contributed by atoms with E-state index in [9.17, 15) is 14.4 Å². The van der Waals surface area contributed by atoms with Crippen LogP contribution in [0.2, 0.25) is 0 Å². The standard InChI is InChI=1S/C18H15BrFN5OS/c19-16-8-11(10-27-16)18(26)23-7-1-2-15-14(9-21)17(22)25(24-15)13-5-3-12(20)4-6-13/h3-6,8,10H,1-2,7,22H2,(H,23,26). The molecule has 138 valence electrons. The van der Waals surface area contributed by atoms with E-state index in [1.807, 2.05) is 0 Å². The van der Waals surface area contributed by atoms with Gasteiger partial charge in [-0.25, -0.2) is 9.07 Å². The predicted molar refractivity (Wildman–Crippen MR) is 105 cm³/mol. The molecule has 27 heavy (non-hydrogen) atoms. The largest absolute Gasteiger partial charge is 0.382 e. The van der Waals surface area contributed by atoms with Gasteiger partial charge in [-0.15, -0.1) is 11.3 Å². The fraction of sp³-hybridized carbons (Fsp3) is 0.167. The number of nitrogen functional groups attached to an aromatic ring is 1. The third kappa shape index (κ3) is 4.35. The molecule has 0 atom stereocenters. The van der Waals surface area contributed by atoms with Gasteiger partial charge in [-0.1, -0.05) is 0 Å². The maximum Gasteiger partial charge on any atom is 0.252 e. The number of carbonyl (C=O) groups is 1. The lowest BCUT2D eigenvalue weighted by Crippen LogP contribution is -2.24. The minimum atomic E-state index is -0.362. The van der Waals surface area contributed by atoms with Crippen LogP contribution in [0.25, 0.3) is 5.69 Å². The molecular formula is C18H15BrFN5OS. The van der Waals surface area contributed by atoms with Gasteiger partial charge >= 0.3 is 0 Å². The second-order valence-electron chi connectivity index (χ2n) is 5.71. The van der Waals surface area contributed by atoms with Crippen LogP contribution >= 0.6 is 27.3 Å². The summed E-state index contributed by atoms with van der Waals surface area (Å²) in [6.07, 6.45) is 1.08. The number of nitriles is 1. The summed E-state index contributed by atoms with van der Waals surface area (Å²) in [6, 6.07) is 9.53. The van der Waals surface area contributed by atoms with E-state index in [-0.39, 0.29) is 17.5 Å². The zero-order chi connectivity index (χ0) is 19.4. The summed E-state index contributed by atoms with van der Waals surface area (Å²) in [4.78, 5) is 12.0. The zero-order valence-electron chi connectivity index (χ0n) is 14.1. The molecule has 0 aliphatic rings. The summed E-state index contributed by atoms with van der Waals surface area (Å²) in [5, 5.41) is 18.4. The van der Waals surface area contributed by atoms with E-state index >= 15 is 0 Å². The molecule has 0 saturated heterocycles. The lowest BCUT2D eigenvalue weighted by atomic mass is 10.1. The molecule has 3 rings (SSSR count). The molecule has 0 bridgehead atoms. The van der Waals surface area contributed by atoms with Crippen molar-refractivity contribution in [2.45, 2.75) is 12.8 Å². The van der Waals surface area contributed by atoms with E-state index in [4.69, 9.17) is 5.73 Å². The maximum atomic E-state index is 13.1. The van der Waals surface area contributed by atoms with Crippen molar-refractivity contribution < 1.29 is 9.18 Å². The fourth-order valence-corrected chi connectivity index (χ4v) is 3.68. The first kappa shape index (κ1) is 19.1. The van der Waals surface area contributed by atoms with Gasteiger partial charge in [-0.2, -0.15) is 10.4 Å². The Hall–Kier alpha value is -2.70. The van der Waals surface area contributed by atoms with E-state index in [0.717, 1.165) is 3.79 Å². The molecule has 0 aliphatic carbocycles. The molecule has 1 amide bonds. The number of anilines is 1. The fourth-order valence-electron chi connectivity index (χ4n) is 2.54. The van der Waals surface area contributed by atoms with Crippen molar-refractivity contribution >= 4 is 39.0 Å². The van der Waals surface area contributed by atoms with E-state index in [1.165, 1.54) is 28.2 Å². The van der Waals surface area contributed by atoms with Gasteiger partial charge in [0.2, 0.25) is 0 Å². The molecule has 0 unspecified atom stereocenters. The van der Waals surface area contributed by atoms with Gasteiger partial charge in [-0.3, -0.25) is 4.79 Å². The minimum Gasteiger partial charge on any atom is -0.382 e. The number of hydrogen-bond acceptors (Lipinski definition) is 5. The summed E-state index contributed by atoms with van der Waals surface area (Å²) in [7, 11) is 0. The number of hydrogen-bond donors (Lipinski definition) is 2. The second-order valence-corrected chi connectivity index (χ2v) is 8.00. The molecule has 0 aliphatic heterocycles. The minimum absolute atomic E-state index is 0.145. The third-order valence-electron chi connectivity index (χ3n) is 3.88. The number of thiophene rings is 1. The van der Waals surface area contributed by atoms with Gasteiger partial charge in [-0.05, 0) is 59.1 Å². The van der Waals surface area contributed by atoms with Crippen LogP contribution in [0.5, 0.6) is 0 Å². The Morgan fingerprint density at radius 3 is 2.78 bits per heavy atom. The molecule has 2 aromatic heterocycles. The predicted octanol–water partition coefficient (Wildman–Crippen LogP) is 3.65. The number of benzene rings is 1. The quantitative estimate of drug-likeness (QED) is 0.563. The van der Waals surface area contributed by atoms with Crippen LogP contribution in [0.4, 0.5) is 10.2 Å². The molecule has 2 heterocycles. The van der Waals surface area contributed by atoms with Crippen LogP contribution in [-0.4, -0.2) is 22.2 Å². The van der Waals surface area contributed by atoms with E-state index in [2.05, 4.69) is 32.4 Å². The molecule has 0 radical (unpaired) electrons. The average Bonchev–Trinajstić information content (AvgIpc) is 3.22. The van der Waals surface area contributed by atoms with Crippen LogP contribution < -0.4 is 11.1 Å². The Bertz CT molecular complexity index is 1010. The highest BCUT2D eigenvalue weighted by molar-refractivity contribution is 9.11. The number of nitrogens with zero attached hydrogens (tertiary/aromatic N) is 3. The zero-order valence-corrected chi connectivity index (χ0v) is 16.5. The number of amides is 1. The molecule has 3 N–H and O–H groups in total. The number of nitrogens with one attached hydrogen (secondary N) is 1. The number of aromatic nitrogens is 2. The average molecular weight is 448 g/mol. The van der Waals surface area contributed by atoms with Crippen molar-refractivity contribution in [3.05, 3.63) is 62.1 Å². The Kier molecular flexibility index (Phi) is 5.88. The Morgan fingerprint density at radius 1 is 1.41 bits per heavy atom. The lowest BCUT2D eigenvalue weighted by molar-refractivity contribution is 0.0953. The van der Waals surface area contributed by atoms with Crippen molar-refractivity contribution in [3.8, 4) is 11.8 Å². The first-order valence-corrected chi connectivity index (χ1v) is 9.72. The van der Waals surface area contributed by atoms with Crippen molar-refractivity contribution in [1.82, 2.24) is 15.1 Å².